The van der Waals surface area contributed by atoms with Crippen molar-refractivity contribution >= 4 is 23.0 Å². The van der Waals surface area contributed by atoms with Crippen LogP contribution in [0.5, 0.6) is 0 Å². The summed E-state index contributed by atoms with van der Waals surface area (Å²) in [5.74, 6) is 1.01. The van der Waals surface area contributed by atoms with Crippen LogP contribution in [0, 0.1) is 10.1 Å². The van der Waals surface area contributed by atoms with E-state index in [1.165, 1.54) is 10.9 Å². The normalized spacial score (nSPS) is 12.7. The number of hydrogen-bond donors (Lipinski definition) is 2. The van der Waals surface area contributed by atoms with Crippen molar-refractivity contribution in [1.29, 1.82) is 0 Å². The van der Waals surface area contributed by atoms with Crippen LogP contribution in [0.1, 0.15) is 23.3 Å². The van der Waals surface area contributed by atoms with Crippen LogP contribution in [0.25, 0.3) is 0 Å². The molecule has 0 radical (unpaired) electrons. The third kappa shape index (κ3) is 4.79. The predicted octanol–water partition coefficient (Wildman–Crippen LogP) is 3.13. The van der Waals surface area contributed by atoms with E-state index in [0.29, 0.717) is 24.0 Å². The summed E-state index contributed by atoms with van der Waals surface area (Å²) >= 11 is 1.73. The smallest absolute Gasteiger partial charge is 0.274 e. The molecule has 0 aliphatic rings. The monoisotopic (exact) mass is 332 g/mol. The maximum absolute atomic E-state index is 11.0. The first-order valence-corrected chi connectivity index (χ1v) is 8.20. The summed E-state index contributed by atoms with van der Waals surface area (Å²) in [5.41, 5.74) is 0.745. The van der Waals surface area contributed by atoms with Gasteiger partial charge in [0.25, 0.3) is 5.69 Å². The van der Waals surface area contributed by atoms with E-state index in [0.717, 1.165) is 6.54 Å². The summed E-state index contributed by atoms with van der Waals surface area (Å²) in [6, 6.07) is 10.9. The Balaban J connectivity index is 1.90. The topological polar surface area (TPSA) is 79.6 Å². The quantitative estimate of drug-likeness (QED) is 0.369. The van der Waals surface area contributed by atoms with Gasteiger partial charge in [-0.25, -0.2) is 0 Å². The minimum Gasteiger partial charge on any atom is -0.356 e. The summed E-state index contributed by atoms with van der Waals surface area (Å²) in [7, 11) is 1.69. The second kappa shape index (κ2) is 8.28. The van der Waals surface area contributed by atoms with Crippen molar-refractivity contribution in [3.05, 3.63) is 62.3 Å². The van der Waals surface area contributed by atoms with E-state index >= 15 is 0 Å². The van der Waals surface area contributed by atoms with Gasteiger partial charge in [-0.2, -0.15) is 0 Å². The van der Waals surface area contributed by atoms with E-state index in [4.69, 9.17) is 0 Å². The SMILES string of the molecule is CN=C(NCc1ccccc1[N+](=O)[O-])NCC(C)c1cccs1. The van der Waals surface area contributed by atoms with E-state index in [1.807, 2.05) is 6.07 Å². The molecule has 1 aromatic heterocycles. The Labute approximate surface area is 139 Å². The number of aliphatic imine (C=N–C) groups is 1. The number of nitrogens with zero attached hydrogens (tertiary/aromatic N) is 2. The van der Waals surface area contributed by atoms with Crippen molar-refractivity contribution in [2.75, 3.05) is 13.6 Å². The van der Waals surface area contributed by atoms with Gasteiger partial charge in [0.15, 0.2) is 5.96 Å². The molecule has 23 heavy (non-hydrogen) atoms. The average Bonchev–Trinajstić information content (AvgIpc) is 3.09. The number of benzene rings is 1. The number of guanidine groups is 1. The van der Waals surface area contributed by atoms with Crippen LogP contribution in [-0.2, 0) is 6.54 Å². The van der Waals surface area contributed by atoms with E-state index in [9.17, 15) is 10.1 Å². The molecule has 0 aliphatic carbocycles. The number of para-hydroxylation sites is 1. The average molecular weight is 332 g/mol. The second-order valence-electron chi connectivity index (χ2n) is 5.11. The molecule has 0 spiro atoms. The van der Waals surface area contributed by atoms with Crippen LogP contribution in [0.2, 0.25) is 0 Å². The fourth-order valence-electron chi connectivity index (χ4n) is 2.16. The predicted molar refractivity (Wildman–Crippen MR) is 94.0 cm³/mol. The molecular weight excluding hydrogens is 312 g/mol. The van der Waals surface area contributed by atoms with E-state index in [2.05, 4.69) is 34.0 Å². The Kier molecular flexibility index (Phi) is 6.10. The van der Waals surface area contributed by atoms with Crippen LogP contribution < -0.4 is 10.6 Å². The van der Waals surface area contributed by atoms with Gasteiger partial charge in [0.1, 0.15) is 0 Å². The van der Waals surface area contributed by atoms with Crippen molar-refractivity contribution in [1.82, 2.24) is 10.6 Å². The van der Waals surface area contributed by atoms with Gasteiger partial charge in [-0.1, -0.05) is 31.2 Å². The molecule has 1 aromatic carbocycles. The second-order valence-corrected chi connectivity index (χ2v) is 6.09. The number of hydrogen-bond acceptors (Lipinski definition) is 4. The molecule has 2 N–H and O–H groups in total. The molecule has 6 nitrogen and oxygen atoms in total. The van der Waals surface area contributed by atoms with Gasteiger partial charge < -0.3 is 10.6 Å². The molecule has 2 rings (SSSR count). The molecule has 0 saturated carbocycles. The van der Waals surface area contributed by atoms with Crippen molar-refractivity contribution in [2.24, 2.45) is 4.99 Å². The molecular formula is C16H20N4O2S. The molecule has 1 unspecified atom stereocenters. The Bertz CT molecular complexity index is 670. The standard InChI is InChI=1S/C16H20N4O2S/c1-12(15-8-5-9-23-15)10-18-16(17-2)19-11-13-6-3-4-7-14(13)20(21)22/h3-9,12H,10-11H2,1-2H3,(H2,17,18,19). The number of nitrogens with one attached hydrogen (secondary N) is 2. The van der Waals surface area contributed by atoms with Gasteiger partial charge in [0, 0.05) is 42.6 Å². The van der Waals surface area contributed by atoms with Crippen LogP contribution in [0.3, 0.4) is 0 Å². The van der Waals surface area contributed by atoms with Crippen molar-refractivity contribution in [3.8, 4) is 0 Å². The highest BCUT2D eigenvalue weighted by molar-refractivity contribution is 7.10. The summed E-state index contributed by atoms with van der Waals surface area (Å²) in [4.78, 5) is 16.1. The fraction of sp³-hybridized carbons (Fsp3) is 0.312. The highest BCUT2D eigenvalue weighted by Gasteiger charge is 2.13. The maximum Gasteiger partial charge on any atom is 0.274 e. The summed E-state index contributed by atoms with van der Waals surface area (Å²) in [5, 5.41) is 19.4. The van der Waals surface area contributed by atoms with Crippen LogP contribution in [-0.4, -0.2) is 24.5 Å². The molecule has 1 heterocycles. The van der Waals surface area contributed by atoms with Crippen molar-refractivity contribution in [3.63, 3.8) is 0 Å². The largest absolute Gasteiger partial charge is 0.356 e. The van der Waals surface area contributed by atoms with Crippen LogP contribution >= 0.6 is 11.3 Å². The molecule has 0 amide bonds. The zero-order valence-corrected chi connectivity index (χ0v) is 14.0. The lowest BCUT2D eigenvalue weighted by Crippen LogP contribution is -2.38. The Morgan fingerprint density at radius 1 is 1.30 bits per heavy atom. The zero-order chi connectivity index (χ0) is 16.7. The first-order valence-electron chi connectivity index (χ1n) is 7.32. The molecule has 2 aromatic rings. The minimum atomic E-state index is -0.369. The fourth-order valence-corrected chi connectivity index (χ4v) is 2.95. The first kappa shape index (κ1) is 17.0. The summed E-state index contributed by atoms with van der Waals surface area (Å²) < 4.78 is 0. The van der Waals surface area contributed by atoms with E-state index in [1.54, 1.807) is 36.6 Å². The Morgan fingerprint density at radius 2 is 2.09 bits per heavy atom. The Morgan fingerprint density at radius 3 is 2.74 bits per heavy atom. The van der Waals surface area contributed by atoms with Gasteiger partial charge in [-0.05, 0) is 11.4 Å². The zero-order valence-electron chi connectivity index (χ0n) is 13.2. The highest BCUT2D eigenvalue weighted by atomic mass is 32.1. The molecule has 122 valence electrons. The molecule has 0 saturated heterocycles. The number of thiophene rings is 1. The Hall–Kier alpha value is -2.41. The van der Waals surface area contributed by atoms with Gasteiger partial charge in [0.05, 0.1) is 4.92 Å². The summed E-state index contributed by atoms with van der Waals surface area (Å²) in [6.07, 6.45) is 0. The number of nitro benzene ring substituents is 1. The first-order chi connectivity index (χ1) is 11.1. The van der Waals surface area contributed by atoms with Crippen molar-refractivity contribution < 1.29 is 4.92 Å². The highest BCUT2D eigenvalue weighted by Crippen LogP contribution is 2.19. The van der Waals surface area contributed by atoms with Gasteiger partial charge in [0.2, 0.25) is 0 Å². The number of rotatable bonds is 6. The van der Waals surface area contributed by atoms with E-state index in [-0.39, 0.29) is 10.6 Å². The lowest BCUT2D eigenvalue weighted by atomic mass is 10.1. The molecule has 0 aliphatic heterocycles. The van der Waals surface area contributed by atoms with Crippen molar-refractivity contribution in [2.45, 2.75) is 19.4 Å². The molecule has 0 fully saturated rings. The van der Waals surface area contributed by atoms with Crippen LogP contribution in [0.15, 0.2) is 46.8 Å². The van der Waals surface area contributed by atoms with Gasteiger partial charge in [-0.3, -0.25) is 15.1 Å². The lowest BCUT2D eigenvalue weighted by molar-refractivity contribution is -0.385. The molecule has 7 heteroatoms. The number of nitro groups is 1. The third-order valence-corrected chi connectivity index (χ3v) is 4.57. The van der Waals surface area contributed by atoms with Gasteiger partial charge >= 0.3 is 0 Å². The van der Waals surface area contributed by atoms with Crippen LogP contribution in [0.4, 0.5) is 5.69 Å². The summed E-state index contributed by atoms with van der Waals surface area (Å²) in [6.45, 7) is 3.25. The van der Waals surface area contributed by atoms with Gasteiger partial charge in [-0.15, -0.1) is 11.3 Å². The molecule has 1 atom stereocenters. The maximum atomic E-state index is 11.0. The third-order valence-electron chi connectivity index (χ3n) is 3.46. The lowest BCUT2D eigenvalue weighted by Gasteiger charge is -2.15. The van der Waals surface area contributed by atoms with E-state index < -0.39 is 0 Å². The minimum absolute atomic E-state index is 0.113. The molecule has 0 bridgehead atoms.